The Hall–Kier alpha value is -3.42. The van der Waals surface area contributed by atoms with Crippen LogP contribution >= 0.6 is 0 Å². The van der Waals surface area contributed by atoms with Crippen LogP contribution < -0.4 is 24.8 Å². The molecule has 2 rings (SSSR count). The molecule has 1 amide bonds. The van der Waals surface area contributed by atoms with Crippen molar-refractivity contribution in [3.8, 4) is 23.0 Å². The molecule has 0 aromatic heterocycles. The van der Waals surface area contributed by atoms with Crippen LogP contribution in [0.5, 0.6) is 23.0 Å². The van der Waals surface area contributed by atoms with Crippen molar-refractivity contribution in [2.45, 2.75) is 59.0 Å². The molecule has 2 aromatic rings. The van der Waals surface area contributed by atoms with Gasteiger partial charge >= 0.3 is 0 Å². The Bertz CT molecular complexity index is 950. The molecule has 0 unspecified atom stereocenters. The summed E-state index contributed by atoms with van der Waals surface area (Å²) in [5, 5.41) is 3.50. The molecule has 0 saturated heterocycles. The smallest absolute Gasteiger partial charge is 0.258 e. The van der Waals surface area contributed by atoms with E-state index in [1.165, 1.54) is 7.11 Å². The van der Waals surface area contributed by atoms with Crippen LogP contribution in [-0.2, 0) is 0 Å². The van der Waals surface area contributed by atoms with Gasteiger partial charge in [0.05, 0.1) is 39.2 Å². The fourth-order valence-corrected chi connectivity index (χ4v) is 3.92. The second kappa shape index (κ2) is 14.1. The van der Waals surface area contributed by atoms with Gasteiger partial charge in [-0.25, -0.2) is 0 Å². The number of amides is 1. The first kappa shape index (κ1) is 27.8. The van der Waals surface area contributed by atoms with E-state index in [0.29, 0.717) is 36.0 Å². The second-order valence-electron chi connectivity index (χ2n) is 8.68. The van der Waals surface area contributed by atoms with Crippen molar-refractivity contribution in [2.75, 3.05) is 27.4 Å². The first-order valence-corrected chi connectivity index (χ1v) is 12.0. The van der Waals surface area contributed by atoms with Gasteiger partial charge in [0.2, 0.25) is 5.75 Å². The molecule has 192 valence electrons. The van der Waals surface area contributed by atoms with Gasteiger partial charge in [0.1, 0.15) is 5.75 Å². The number of unbranched alkanes of at least 4 members (excludes halogenated alkanes) is 2. The van der Waals surface area contributed by atoms with Crippen LogP contribution in [0.2, 0.25) is 0 Å². The molecule has 0 fully saturated rings. The normalized spacial score (nSPS) is 11.2. The third kappa shape index (κ3) is 7.80. The van der Waals surface area contributed by atoms with Gasteiger partial charge in [-0.1, -0.05) is 0 Å². The first-order chi connectivity index (χ1) is 16.8. The lowest BCUT2D eigenvalue weighted by Crippen LogP contribution is -2.42. The average molecular weight is 486 g/mol. The van der Waals surface area contributed by atoms with Crippen molar-refractivity contribution in [3.63, 3.8) is 0 Å². The summed E-state index contributed by atoms with van der Waals surface area (Å²) in [6, 6.07) is 11.2. The highest BCUT2D eigenvalue weighted by atomic mass is 16.5. The van der Waals surface area contributed by atoms with Crippen molar-refractivity contribution in [2.24, 2.45) is 10.9 Å². The summed E-state index contributed by atoms with van der Waals surface area (Å²) in [4.78, 5) is 15.0. The highest BCUT2D eigenvalue weighted by Gasteiger charge is 2.27. The van der Waals surface area contributed by atoms with E-state index in [0.717, 1.165) is 30.6 Å². The second-order valence-corrected chi connectivity index (χ2v) is 8.68. The number of methoxy groups -OCH3 is 2. The first-order valence-electron chi connectivity index (χ1n) is 12.0. The summed E-state index contributed by atoms with van der Waals surface area (Å²) < 4.78 is 22.9. The van der Waals surface area contributed by atoms with E-state index in [-0.39, 0.29) is 18.0 Å². The van der Waals surface area contributed by atoms with Gasteiger partial charge in [-0.3, -0.25) is 4.79 Å². The fraction of sp³-hybridized carbons (Fsp3) is 0.481. The number of hydrogen-bond donors (Lipinski definition) is 1. The number of nitrogens with zero attached hydrogens (tertiary/aromatic N) is 2. The van der Waals surface area contributed by atoms with Crippen molar-refractivity contribution in [1.29, 1.82) is 0 Å². The van der Waals surface area contributed by atoms with Gasteiger partial charge in [-0.05, 0) is 88.9 Å². The molecule has 8 nitrogen and oxygen atoms in total. The molecule has 2 aromatic carbocycles. The number of rotatable bonds is 14. The molecule has 0 aliphatic carbocycles. The van der Waals surface area contributed by atoms with E-state index in [2.05, 4.69) is 5.10 Å². The molecule has 2 N–H and O–H groups in total. The van der Waals surface area contributed by atoms with Gasteiger partial charge in [0, 0.05) is 12.1 Å². The minimum Gasteiger partial charge on any atom is -0.494 e. The van der Waals surface area contributed by atoms with E-state index >= 15 is 0 Å². The molecule has 8 heteroatoms. The fourth-order valence-electron chi connectivity index (χ4n) is 3.92. The number of hydrazone groups is 1. The zero-order valence-corrected chi connectivity index (χ0v) is 21.7. The maximum atomic E-state index is 13.2. The maximum Gasteiger partial charge on any atom is 0.258 e. The third-order valence-electron chi connectivity index (χ3n) is 5.48. The predicted octanol–water partition coefficient (Wildman–Crippen LogP) is 4.88. The third-order valence-corrected chi connectivity index (χ3v) is 5.48. The van der Waals surface area contributed by atoms with Gasteiger partial charge in [0.15, 0.2) is 11.5 Å². The number of carbonyl (C=O) groups excluding carboxylic acids is 1. The summed E-state index contributed by atoms with van der Waals surface area (Å²) in [5.41, 5.74) is 1.39. The lowest BCUT2D eigenvalue weighted by molar-refractivity contribution is 0.0639. The Balaban J connectivity index is 1.89. The quantitative estimate of drug-likeness (QED) is 0.177. The number of benzene rings is 2. The Labute approximate surface area is 209 Å². The molecule has 0 saturated carbocycles. The average Bonchev–Trinajstić information content (AvgIpc) is 2.83. The Morgan fingerprint density at radius 2 is 1.49 bits per heavy atom. The minimum atomic E-state index is -0.0983. The van der Waals surface area contributed by atoms with Gasteiger partial charge < -0.3 is 29.7 Å². The molecule has 0 aliphatic heterocycles. The van der Waals surface area contributed by atoms with Gasteiger partial charge in [0.25, 0.3) is 5.91 Å². The summed E-state index contributed by atoms with van der Waals surface area (Å²) in [6.45, 7) is 9.14. The van der Waals surface area contributed by atoms with Crippen molar-refractivity contribution in [3.05, 3.63) is 47.5 Å². The molecule has 35 heavy (non-hydrogen) atoms. The summed E-state index contributed by atoms with van der Waals surface area (Å²) in [6.07, 6.45) is 4.30. The van der Waals surface area contributed by atoms with Crippen LogP contribution in [0.15, 0.2) is 41.5 Å². The Morgan fingerprint density at radius 3 is 2.03 bits per heavy atom. The largest absolute Gasteiger partial charge is 0.494 e. The zero-order chi connectivity index (χ0) is 25.8. The lowest BCUT2D eigenvalue weighted by Gasteiger charge is -2.31. The van der Waals surface area contributed by atoms with E-state index in [1.54, 1.807) is 25.5 Å². The molecular formula is C27H39N3O5. The monoisotopic (exact) mass is 485 g/mol. The lowest BCUT2D eigenvalue weighted by atomic mass is 10.1. The van der Waals surface area contributed by atoms with E-state index in [4.69, 9.17) is 24.8 Å². The number of carbonyl (C=O) groups is 1. The SMILES string of the molecule is COc1c(OCCCCCOc2ccc(C=NN)cc2)ccc(C(=O)N(C(C)C)C(C)C)c1OC. The number of nitrogens with two attached hydrogens (primary N) is 1. The maximum absolute atomic E-state index is 13.2. The molecular weight excluding hydrogens is 446 g/mol. The molecule has 0 radical (unpaired) electrons. The molecule has 0 atom stereocenters. The zero-order valence-electron chi connectivity index (χ0n) is 21.7. The van der Waals surface area contributed by atoms with Crippen molar-refractivity contribution < 1.29 is 23.7 Å². The van der Waals surface area contributed by atoms with E-state index in [9.17, 15) is 4.79 Å². The van der Waals surface area contributed by atoms with Crippen molar-refractivity contribution in [1.82, 2.24) is 4.90 Å². The Kier molecular flexibility index (Phi) is 11.2. The Morgan fingerprint density at radius 1 is 0.886 bits per heavy atom. The van der Waals surface area contributed by atoms with E-state index in [1.807, 2.05) is 56.9 Å². The standard InChI is InChI=1S/C27H39N3O5/c1-19(2)30(20(3)4)27(31)23-14-15-24(26(33-6)25(23)32-5)35-17-9-7-8-16-34-22-12-10-21(11-13-22)18-29-28/h10-15,18-20H,7-9,16-17,28H2,1-6H3. The minimum absolute atomic E-state index is 0.0584. The van der Waals surface area contributed by atoms with Crippen LogP contribution in [0.4, 0.5) is 0 Å². The van der Waals surface area contributed by atoms with Crippen LogP contribution in [-0.4, -0.2) is 56.5 Å². The summed E-state index contributed by atoms with van der Waals surface area (Å²) >= 11 is 0. The molecule has 0 bridgehead atoms. The van der Waals surface area contributed by atoms with Crippen LogP contribution in [0.3, 0.4) is 0 Å². The summed E-state index contributed by atoms with van der Waals surface area (Å²) in [5.74, 6) is 7.24. The highest BCUT2D eigenvalue weighted by molar-refractivity contribution is 5.98. The van der Waals surface area contributed by atoms with Gasteiger partial charge in [-0.15, -0.1) is 0 Å². The van der Waals surface area contributed by atoms with E-state index < -0.39 is 0 Å². The van der Waals surface area contributed by atoms with Crippen LogP contribution in [0.25, 0.3) is 0 Å². The highest BCUT2D eigenvalue weighted by Crippen LogP contribution is 2.40. The van der Waals surface area contributed by atoms with Gasteiger partial charge in [-0.2, -0.15) is 5.10 Å². The summed E-state index contributed by atoms with van der Waals surface area (Å²) in [7, 11) is 3.08. The number of ether oxygens (including phenoxy) is 4. The van der Waals surface area contributed by atoms with Crippen molar-refractivity contribution >= 4 is 12.1 Å². The van der Waals surface area contributed by atoms with Crippen LogP contribution in [0, 0.1) is 0 Å². The predicted molar refractivity (Wildman–Crippen MR) is 139 cm³/mol. The van der Waals surface area contributed by atoms with Crippen LogP contribution in [0.1, 0.15) is 62.9 Å². The molecule has 0 aliphatic rings. The number of hydrogen-bond acceptors (Lipinski definition) is 7. The molecule has 0 spiro atoms. The molecule has 0 heterocycles. The topological polar surface area (TPSA) is 95.6 Å².